The number of nitrogens with zero attached hydrogens (tertiary/aromatic N) is 3. The Morgan fingerprint density at radius 3 is 2.09 bits per heavy atom. The third kappa shape index (κ3) is 3.71. The molecule has 0 aliphatic heterocycles. The number of aromatic nitrogens is 3. The van der Waals surface area contributed by atoms with Gasteiger partial charge in [0.05, 0.1) is 0 Å². The van der Waals surface area contributed by atoms with E-state index >= 15 is 0 Å². The summed E-state index contributed by atoms with van der Waals surface area (Å²) in [5.74, 6) is 2.05. The third-order valence-electron chi connectivity index (χ3n) is 9.14. The molecule has 0 N–H and O–H groups in total. The summed E-state index contributed by atoms with van der Waals surface area (Å²) in [4.78, 5) is 15.4. The Labute approximate surface area is 259 Å². The predicted octanol–water partition coefficient (Wildman–Crippen LogP) is 10.7. The number of fused-ring (bicyclic) bond motifs is 8. The van der Waals surface area contributed by atoms with Crippen LogP contribution in [0, 0.1) is 0 Å². The molecule has 0 bridgehead atoms. The van der Waals surface area contributed by atoms with Gasteiger partial charge < -0.3 is 0 Å². The van der Waals surface area contributed by atoms with Gasteiger partial charge in [0.1, 0.15) is 0 Å². The first-order valence-electron chi connectivity index (χ1n) is 15.0. The number of benzene rings is 6. The Hall–Kier alpha value is -5.19. The maximum atomic E-state index is 5.22. The molecule has 0 saturated carbocycles. The van der Waals surface area contributed by atoms with Crippen molar-refractivity contribution in [2.45, 2.75) is 19.3 Å². The molecule has 208 valence electrons. The van der Waals surface area contributed by atoms with Gasteiger partial charge in [-0.15, -0.1) is 11.3 Å². The number of thiophene rings is 1. The van der Waals surface area contributed by atoms with E-state index in [0.29, 0.717) is 17.5 Å². The lowest BCUT2D eigenvalue weighted by Crippen LogP contribution is -2.15. The van der Waals surface area contributed by atoms with Gasteiger partial charge in [0.25, 0.3) is 0 Å². The van der Waals surface area contributed by atoms with Crippen LogP contribution in [0.25, 0.3) is 76.2 Å². The van der Waals surface area contributed by atoms with E-state index in [0.717, 1.165) is 16.7 Å². The lowest BCUT2D eigenvalue weighted by Gasteiger charge is -2.21. The van der Waals surface area contributed by atoms with E-state index in [-0.39, 0.29) is 5.41 Å². The summed E-state index contributed by atoms with van der Waals surface area (Å²) in [6.45, 7) is 4.62. The van der Waals surface area contributed by atoms with Crippen LogP contribution in [0.2, 0.25) is 0 Å². The molecule has 4 heteroatoms. The first kappa shape index (κ1) is 25.3. The van der Waals surface area contributed by atoms with Crippen molar-refractivity contribution < 1.29 is 0 Å². The summed E-state index contributed by atoms with van der Waals surface area (Å²) >= 11 is 1.84. The average molecular weight is 582 g/mol. The fourth-order valence-corrected chi connectivity index (χ4v) is 8.20. The molecule has 2 aromatic heterocycles. The van der Waals surface area contributed by atoms with Crippen LogP contribution >= 0.6 is 11.3 Å². The fraction of sp³-hybridized carbons (Fsp3) is 0.0750. The number of hydrogen-bond donors (Lipinski definition) is 0. The van der Waals surface area contributed by atoms with Gasteiger partial charge in [-0.2, -0.15) is 0 Å². The first-order valence-corrected chi connectivity index (χ1v) is 15.8. The van der Waals surface area contributed by atoms with E-state index in [9.17, 15) is 0 Å². The van der Waals surface area contributed by atoms with Crippen molar-refractivity contribution in [3.05, 3.63) is 139 Å². The van der Waals surface area contributed by atoms with E-state index in [1.807, 2.05) is 29.5 Å². The molecule has 0 spiro atoms. The SMILES string of the molecule is CC1(C)c2ccccc2-c2ccc(-c3nc(-c4ccccc4)nc(-c4cccc5ccc6c7ccccc7sc6c45)n3)cc21. The van der Waals surface area contributed by atoms with Gasteiger partial charge in [0.15, 0.2) is 17.5 Å². The summed E-state index contributed by atoms with van der Waals surface area (Å²) < 4.78 is 2.55. The molecule has 0 saturated heterocycles. The molecule has 2 heterocycles. The topological polar surface area (TPSA) is 38.7 Å². The smallest absolute Gasteiger partial charge is 0.164 e. The first-order chi connectivity index (χ1) is 21.6. The molecule has 8 aromatic rings. The molecule has 0 amide bonds. The molecule has 0 radical (unpaired) electrons. The van der Waals surface area contributed by atoms with Crippen molar-refractivity contribution in [2.75, 3.05) is 0 Å². The van der Waals surface area contributed by atoms with Crippen LogP contribution in [0.1, 0.15) is 25.0 Å². The van der Waals surface area contributed by atoms with Crippen LogP contribution in [0.5, 0.6) is 0 Å². The normalized spacial score (nSPS) is 13.4. The van der Waals surface area contributed by atoms with E-state index in [1.165, 1.54) is 53.2 Å². The van der Waals surface area contributed by atoms with Crippen molar-refractivity contribution >= 4 is 42.3 Å². The molecule has 1 aliphatic rings. The van der Waals surface area contributed by atoms with Gasteiger partial charge in [-0.05, 0) is 39.8 Å². The quantitative estimate of drug-likeness (QED) is 0.208. The zero-order chi connectivity index (χ0) is 29.4. The van der Waals surface area contributed by atoms with Crippen LogP contribution < -0.4 is 0 Å². The van der Waals surface area contributed by atoms with Crippen molar-refractivity contribution in [3.8, 4) is 45.3 Å². The summed E-state index contributed by atoms with van der Waals surface area (Å²) in [6.07, 6.45) is 0. The van der Waals surface area contributed by atoms with Crippen molar-refractivity contribution in [2.24, 2.45) is 0 Å². The molecule has 6 aromatic carbocycles. The standard InChI is InChI=1S/C40H27N3S/c1-40(2)32-17-8-6-14-27(32)28-21-20-26(23-33(28)40)38-41-37(25-11-4-3-5-12-25)42-39(43-38)31-16-10-13-24-19-22-30-29-15-7-9-18-34(29)44-36(30)35(24)31/h3-23H,1-2H3. The van der Waals surface area contributed by atoms with Gasteiger partial charge in [-0.3, -0.25) is 0 Å². The number of hydrogen-bond acceptors (Lipinski definition) is 4. The van der Waals surface area contributed by atoms with Gasteiger partial charge in [0, 0.05) is 47.7 Å². The molecular weight excluding hydrogens is 555 g/mol. The Balaban J connectivity index is 1.30. The second-order valence-corrected chi connectivity index (χ2v) is 13.1. The van der Waals surface area contributed by atoms with Gasteiger partial charge >= 0.3 is 0 Å². The molecule has 1 aliphatic carbocycles. The summed E-state index contributed by atoms with van der Waals surface area (Å²) in [5.41, 5.74) is 8.14. The van der Waals surface area contributed by atoms with Crippen LogP contribution in [0.4, 0.5) is 0 Å². The van der Waals surface area contributed by atoms with Crippen molar-refractivity contribution in [3.63, 3.8) is 0 Å². The minimum Gasteiger partial charge on any atom is -0.208 e. The zero-order valence-corrected chi connectivity index (χ0v) is 25.2. The largest absolute Gasteiger partial charge is 0.208 e. The molecule has 0 atom stereocenters. The summed E-state index contributed by atoms with van der Waals surface area (Å²) in [5, 5.41) is 4.92. The van der Waals surface area contributed by atoms with E-state index < -0.39 is 0 Å². The highest BCUT2D eigenvalue weighted by Crippen LogP contribution is 2.49. The molecular formula is C40H27N3S. The molecule has 0 unspecified atom stereocenters. The highest BCUT2D eigenvalue weighted by Gasteiger charge is 2.35. The molecule has 9 rings (SSSR count). The Morgan fingerprint density at radius 2 is 1.20 bits per heavy atom. The van der Waals surface area contributed by atoms with Crippen molar-refractivity contribution in [1.29, 1.82) is 0 Å². The van der Waals surface area contributed by atoms with Gasteiger partial charge in [0.2, 0.25) is 0 Å². The number of rotatable bonds is 3. The minimum absolute atomic E-state index is 0.109. The maximum absolute atomic E-state index is 5.22. The minimum atomic E-state index is -0.109. The van der Waals surface area contributed by atoms with Crippen LogP contribution in [0.3, 0.4) is 0 Å². The second kappa shape index (κ2) is 9.40. The third-order valence-corrected chi connectivity index (χ3v) is 10.3. The summed E-state index contributed by atoms with van der Waals surface area (Å²) in [6, 6.07) is 45.2. The zero-order valence-electron chi connectivity index (χ0n) is 24.4. The van der Waals surface area contributed by atoms with E-state index in [2.05, 4.69) is 123 Å². The average Bonchev–Trinajstić information content (AvgIpc) is 3.57. The molecule has 3 nitrogen and oxygen atoms in total. The maximum Gasteiger partial charge on any atom is 0.164 e. The Kier molecular flexibility index (Phi) is 5.41. The lowest BCUT2D eigenvalue weighted by atomic mass is 9.82. The van der Waals surface area contributed by atoms with E-state index in [4.69, 9.17) is 15.0 Å². The van der Waals surface area contributed by atoms with Crippen LogP contribution in [-0.2, 0) is 5.41 Å². The molecule has 0 fully saturated rings. The Bertz CT molecular complexity index is 2420. The van der Waals surface area contributed by atoms with Crippen LogP contribution in [-0.4, -0.2) is 15.0 Å². The van der Waals surface area contributed by atoms with Gasteiger partial charge in [-0.1, -0.05) is 129 Å². The van der Waals surface area contributed by atoms with Crippen LogP contribution in [0.15, 0.2) is 127 Å². The highest BCUT2D eigenvalue weighted by molar-refractivity contribution is 7.26. The second-order valence-electron chi connectivity index (χ2n) is 12.0. The lowest BCUT2D eigenvalue weighted by molar-refractivity contribution is 0.660. The molecule has 44 heavy (non-hydrogen) atoms. The van der Waals surface area contributed by atoms with Crippen molar-refractivity contribution in [1.82, 2.24) is 15.0 Å². The predicted molar refractivity (Wildman–Crippen MR) is 184 cm³/mol. The Morgan fingerprint density at radius 1 is 0.500 bits per heavy atom. The monoisotopic (exact) mass is 581 g/mol. The highest BCUT2D eigenvalue weighted by atomic mass is 32.1. The summed E-state index contributed by atoms with van der Waals surface area (Å²) in [7, 11) is 0. The fourth-order valence-electron chi connectivity index (χ4n) is 6.92. The van der Waals surface area contributed by atoms with Gasteiger partial charge in [-0.25, -0.2) is 15.0 Å². The van der Waals surface area contributed by atoms with E-state index in [1.54, 1.807) is 0 Å².